The van der Waals surface area contributed by atoms with Crippen LogP contribution in [0, 0.1) is 24.0 Å². The van der Waals surface area contributed by atoms with Crippen LogP contribution in [0.4, 0.5) is 17.3 Å². The van der Waals surface area contributed by atoms with E-state index in [-0.39, 0.29) is 33.2 Å². The van der Waals surface area contributed by atoms with E-state index in [0.717, 1.165) is 0 Å². The van der Waals surface area contributed by atoms with Crippen molar-refractivity contribution in [3.63, 3.8) is 0 Å². The van der Waals surface area contributed by atoms with Crippen LogP contribution < -0.4 is 0 Å². The predicted octanol–water partition coefficient (Wildman–Crippen LogP) is 2.96. The first-order chi connectivity index (χ1) is 7.15. The van der Waals surface area contributed by atoms with Gasteiger partial charge in [-0.1, -0.05) is 0 Å². The smallest absolute Gasteiger partial charge is 0.194 e. The van der Waals surface area contributed by atoms with Crippen molar-refractivity contribution in [2.24, 2.45) is 0 Å². The van der Waals surface area contributed by atoms with Gasteiger partial charge in [0.15, 0.2) is 0 Å². The first kappa shape index (κ1) is 42.9. The van der Waals surface area contributed by atoms with E-state index in [2.05, 4.69) is 13.8 Å². The molecule has 1 radical (unpaired) electrons. The second kappa shape index (κ2) is 43.3. The maximum atomic E-state index is 9.75. The minimum Gasteiger partial charge on any atom is -0.346 e. The molecule has 0 heterocycles. The minimum absolute atomic E-state index is 0. The number of hydrogen-bond acceptors (Lipinski definition) is 2. The fourth-order valence-electron chi connectivity index (χ4n) is 0. The van der Waals surface area contributed by atoms with Crippen molar-refractivity contribution in [2.75, 3.05) is 5.34 Å². The summed E-state index contributed by atoms with van der Waals surface area (Å²) in [5.74, 6) is 0. The fraction of sp³-hybridized carbons (Fsp3) is 0.600. The quantitative estimate of drug-likeness (QED) is 0.163. The van der Waals surface area contributed by atoms with Gasteiger partial charge in [0, 0.05) is 0 Å². The molecule has 0 saturated carbocycles. The Bertz CT molecular complexity index is 118. The van der Waals surface area contributed by atoms with Crippen molar-refractivity contribution in [2.45, 2.75) is 13.8 Å². The molecular formula is C5H16AgBCl2F4NO4-3. The maximum absolute atomic E-state index is 9.75. The van der Waals surface area contributed by atoms with Gasteiger partial charge < -0.3 is 41.8 Å². The molecule has 0 unspecified atom stereocenters. The van der Waals surface area contributed by atoms with Crippen LogP contribution in [-0.4, -0.2) is 28.4 Å². The third-order valence-electron chi connectivity index (χ3n) is 0. The Hall–Kier alpha value is 0.265. The van der Waals surface area contributed by atoms with Crippen LogP contribution in [0.3, 0.4) is 0 Å². The molecule has 0 aromatic heterocycles. The summed E-state index contributed by atoms with van der Waals surface area (Å²) in [6, 6.07) is 0. The predicted molar refractivity (Wildman–Crippen MR) is 62.6 cm³/mol. The molecule has 0 rings (SSSR count). The van der Waals surface area contributed by atoms with Crippen LogP contribution in [0.1, 0.15) is 13.8 Å². The standard InChI is InChI=1S/2C2H5.CH2Cl2.Ag.BF4.HNO3.H2O.H/c2*1-2;2-1-3;;2-1(3,4)5;2-1(3)4;;/h2*1H2,2H3;1H2;;;(H,2,3,4);1H2;/q2*-1;;;-1;;;. The Morgan fingerprint density at radius 1 is 1.17 bits per heavy atom. The zero-order chi connectivity index (χ0) is 14.8. The van der Waals surface area contributed by atoms with Crippen LogP contribution in [-0.2, 0) is 22.4 Å². The molecule has 0 aliphatic rings. The molecule has 5 nitrogen and oxygen atoms in total. The molecule has 124 valence electrons. The van der Waals surface area contributed by atoms with E-state index in [9.17, 15) is 17.3 Å². The average Bonchev–Trinajstić information content (AvgIpc) is 2.08. The Labute approximate surface area is 129 Å². The van der Waals surface area contributed by atoms with Gasteiger partial charge >= 0.3 is 29.6 Å². The van der Waals surface area contributed by atoms with Gasteiger partial charge in [-0.2, -0.15) is 13.8 Å². The van der Waals surface area contributed by atoms with Crippen molar-refractivity contribution < 1.29 is 55.4 Å². The van der Waals surface area contributed by atoms with E-state index >= 15 is 0 Å². The Morgan fingerprint density at radius 2 is 1.17 bits per heavy atom. The van der Waals surface area contributed by atoms with Crippen molar-refractivity contribution >= 4 is 30.5 Å². The zero-order valence-corrected chi connectivity index (χ0v) is 12.6. The van der Waals surface area contributed by atoms with Crippen LogP contribution in [0.5, 0.6) is 0 Å². The molecule has 0 fully saturated rings. The van der Waals surface area contributed by atoms with E-state index < -0.39 is 12.3 Å². The molecule has 0 aliphatic heterocycles. The summed E-state index contributed by atoms with van der Waals surface area (Å²) in [4.78, 5) is 8.36. The number of rotatable bonds is 0. The van der Waals surface area contributed by atoms with Crippen LogP contribution in [0.25, 0.3) is 0 Å². The summed E-state index contributed by atoms with van der Waals surface area (Å²) >= 11 is 9.53. The van der Waals surface area contributed by atoms with Crippen LogP contribution in [0.2, 0.25) is 0 Å². The first-order valence-corrected chi connectivity index (χ1v) is 4.46. The molecular weight excluding hydrogens is 404 g/mol. The SMILES string of the molecule is ClCCl.F[B-](F)(F)F.O.O=[N+]([O-])O.[AgH].[CH2-]C.[CH2-]C. The molecule has 0 saturated heterocycles. The molecule has 0 amide bonds. The van der Waals surface area contributed by atoms with Gasteiger partial charge in [-0.15, -0.1) is 33.3 Å². The molecule has 0 aromatic rings. The van der Waals surface area contributed by atoms with Crippen LogP contribution >= 0.6 is 23.2 Å². The molecule has 13 heteroatoms. The van der Waals surface area contributed by atoms with E-state index in [4.69, 9.17) is 38.5 Å². The molecule has 0 aromatic carbocycles. The largest absolute Gasteiger partial charge is 0.346 e. The first-order valence-electron chi connectivity index (χ1n) is 3.39. The van der Waals surface area contributed by atoms with Crippen molar-refractivity contribution in [3.05, 3.63) is 24.0 Å². The van der Waals surface area contributed by atoms with E-state index in [1.54, 1.807) is 13.8 Å². The third kappa shape index (κ3) is 53900. The number of nitrogens with zero attached hydrogens (tertiary/aromatic N) is 1. The zero-order valence-electron chi connectivity index (χ0n) is 9.49. The maximum Gasteiger partial charge on any atom is -0.194 e. The molecule has 0 bridgehead atoms. The summed E-state index contributed by atoms with van der Waals surface area (Å²) < 4.78 is 39.0. The van der Waals surface area contributed by atoms with Crippen molar-refractivity contribution in [1.82, 2.24) is 0 Å². The Balaban J connectivity index is -0.0000000172. The Morgan fingerprint density at radius 3 is 1.17 bits per heavy atom. The second-order valence-corrected chi connectivity index (χ2v) is 1.64. The summed E-state index contributed by atoms with van der Waals surface area (Å²) in [6.07, 6.45) is 0. The van der Waals surface area contributed by atoms with Crippen molar-refractivity contribution in [1.29, 1.82) is 0 Å². The molecule has 0 atom stereocenters. The van der Waals surface area contributed by atoms with E-state index in [1.807, 2.05) is 0 Å². The molecule has 3 N–H and O–H groups in total. The van der Waals surface area contributed by atoms with Gasteiger partial charge in [-0.25, -0.2) is 0 Å². The van der Waals surface area contributed by atoms with E-state index in [1.165, 1.54) is 0 Å². The average molecular weight is 420 g/mol. The summed E-state index contributed by atoms with van der Waals surface area (Å²) in [5.41, 5.74) is 0. The minimum atomic E-state index is -6.00. The van der Waals surface area contributed by atoms with Crippen molar-refractivity contribution in [3.8, 4) is 0 Å². The molecule has 0 aliphatic carbocycles. The molecule has 0 spiro atoms. The molecule has 18 heavy (non-hydrogen) atoms. The van der Waals surface area contributed by atoms with Gasteiger partial charge in [-0.05, 0) is 0 Å². The van der Waals surface area contributed by atoms with Crippen LogP contribution in [0.15, 0.2) is 0 Å². The summed E-state index contributed by atoms with van der Waals surface area (Å²) in [5, 5.41) is 13.8. The van der Waals surface area contributed by atoms with Gasteiger partial charge in [-0.3, -0.25) is 0 Å². The van der Waals surface area contributed by atoms with Gasteiger partial charge in [0.05, 0.1) is 5.34 Å². The van der Waals surface area contributed by atoms with Gasteiger partial charge in [0.1, 0.15) is 0 Å². The topological polar surface area (TPSA) is 94.9 Å². The second-order valence-electron chi connectivity index (χ2n) is 0.834. The monoisotopic (exact) mass is 418 g/mol. The summed E-state index contributed by atoms with van der Waals surface area (Å²) in [6.45, 7) is 10.0. The van der Waals surface area contributed by atoms with Gasteiger partial charge in [0.25, 0.3) is 5.09 Å². The number of hydrogen-bond donors (Lipinski definition) is 1. The van der Waals surface area contributed by atoms with E-state index in [0.29, 0.717) is 0 Å². The normalized spacial score (nSPS) is 6.33. The fourth-order valence-corrected chi connectivity index (χ4v) is 0. The number of alkyl halides is 2. The number of halogens is 6. The third-order valence-corrected chi connectivity index (χ3v) is 0. The Kier molecular flexibility index (Phi) is 103. The summed E-state index contributed by atoms with van der Waals surface area (Å²) in [7, 11) is -6.00. The van der Waals surface area contributed by atoms with Gasteiger partial charge in [0.2, 0.25) is 0 Å².